The predicted molar refractivity (Wildman–Crippen MR) is 150 cm³/mol. The van der Waals surface area contributed by atoms with Crippen molar-refractivity contribution in [1.29, 1.82) is 0 Å². The zero-order chi connectivity index (χ0) is 23.4. The normalized spacial score (nSPS) is 12.9. The molecule has 0 bridgehead atoms. The SMILES string of the molecule is Brc1ccc2nc(-c3ccc4cc(-c5ccc6ccc7c(c6n5)N=CCC7)ccc4c3)ccc2c1. The zero-order valence-corrected chi connectivity index (χ0v) is 20.5. The lowest BCUT2D eigenvalue weighted by Crippen LogP contribution is -1.96. The second kappa shape index (κ2) is 8.10. The van der Waals surface area contributed by atoms with Crippen LogP contribution < -0.4 is 0 Å². The lowest BCUT2D eigenvalue weighted by atomic mass is 9.99. The summed E-state index contributed by atoms with van der Waals surface area (Å²) < 4.78 is 1.06. The Bertz CT molecular complexity index is 1820. The summed E-state index contributed by atoms with van der Waals surface area (Å²) in [5, 5.41) is 4.63. The van der Waals surface area contributed by atoms with Gasteiger partial charge in [0.1, 0.15) is 0 Å². The van der Waals surface area contributed by atoms with E-state index in [4.69, 9.17) is 9.97 Å². The summed E-state index contributed by atoms with van der Waals surface area (Å²) in [5.74, 6) is 0. The Morgan fingerprint density at radius 1 is 0.600 bits per heavy atom. The molecule has 3 heterocycles. The maximum absolute atomic E-state index is 5.04. The Morgan fingerprint density at radius 2 is 1.29 bits per heavy atom. The molecule has 166 valence electrons. The Kier molecular flexibility index (Phi) is 4.74. The van der Waals surface area contributed by atoms with E-state index in [2.05, 4.69) is 106 Å². The highest BCUT2D eigenvalue weighted by atomic mass is 79.9. The molecule has 0 N–H and O–H groups in total. The number of fused-ring (bicyclic) bond motifs is 5. The van der Waals surface area contributed by atoms with Crippen LogP contribution in [0, 0.1) is 0 Å². The Hall–Kier alpha value is -3.89. The Balaban J connectivity index is 1.28. The number of nitrogens with zero attached hydrogens (tertiary/aromatic N) is 3. The molecule has 0 spiro atoms. The maximum atomic E-state index is 5.04. The van der Waals surface area contributed by atoms with Crippen LogP contribution in [0.4, 0.5) is 5.69 Å². The van der Waals surface area contributed by atoms with E-state index >= 15 is 0 Å². The largest absolute Gasteiger partial charge is 0.259 e. The number of hydrogen-bond donors (Lipinski definition) is 0. The number of aliphatic imine (C=N–C) groups is 1. The molecule has 0 unspecified atom stereocenters. The minimum Gasteiger partial charge on any atom is -0.259 e. The first kappa shape index (κ1) is 20.5. The number of aromatic nitrogens is 2. The van der Waals surface area contributed by atoms with Crippen molar-refractivity contribution in [1.82, 2.24) is 9.97 Å². The molecule has 0 aliphatic carbocycles. The first-order valence-corrected chi connectivity index (χ1v) is 12.6. The van der Waals surface area contributed by atoms with Crippen LogP contribution in [-0.2, 0) is 6.42 Å². The Labute approximate surface area is 211 Å². The third kappa shape index (κ3) is 3.62. The van der Waals surface area contributed by atoms with Crippen molar-refractivity contribution in [2.75, 3.05) is 0 Å². The van der Waals surface area contributed by atoms with Crippen molar-refractivity contribution in [3.8, 4) is 22.5 Å². The molecule has 6 aromatic rings. The van der Waals surface area contributed by atoms with Crippen molar-refractivity contribution in [2.24, 2.45) is 4.99 Å². The highest BCUT2D eigenvalue weighted by molar-refractivity contribution is 9.10. The van der Waals surface area contributed by atoms with Gasteiger partial charge < -0.3 is 0 Å². The van der Waals surface area contributed by atoms with E-state index in [1.807, 2.05) is 12.3 Å². The van der Waals surface area contributed by atoms with Gasteiger partial charge in [-0.3, -0.25) is 4.99 Å². The average molecular weight is 514 g/mol. The fraction of sp³-hybridized carbons (Fsp3) is 0.0645. The van der Waals surface area contributed by atoms with Crippen LogP contribution in [-0.4, -0.2) is 16.2 Å². The summed E-state index contributed by atoms with van der Waals surface area (Å²) >= 11 is 3.54. The summed E-state index contributed by atoms with van der Waals surface area (Å²) in [5.41, 5.74) is 8.47. The topological polar surface area (TPSA) is 38.1 Å². The smallest absolute Gasteiger partial charge is 0.0968 e. The van der Waals surface area contributed by atoms with Gasteiger partial charge in [-0.15, -0.1) is 0 Å². The van der Waals surface area contributed by atoms with Crippen molar-refractivity contribution in [3.63, 3.8) is 0 Å². The standard InChI is InChI=1S/C31H20BrN3/c32-26-11-14-28-25(18-26)10-13-27(34-28)23-7-5-22-17-24(8-6-21(22)16-23)29-12-9-20-4-3-19-2-1-15-33-30(19)31(20)35-29/h3-18H,1-2H2. The molecule has 0 saturated heterocycles. The minimum atomic E-state index is 0.972. The van der Waals surface area contributed by atoms with E-state index in [1.54, 1.807) is 0 Å². The summed E-state index contributed by atoms with van der Waals surface area (Å²) in [6, 6.07) is 32.1. The number of aryl methyl sites for hydroxylation is 1. The molecule has 35 heavy (non-hydrogen) atoms. The molecule has 1 aliphatic heterocycles. The highest BCUT2D eigenvalue weighted by Gasteiger charge is 2.12. The molecule has 7 rings (SSSR count). The van der Waals surface area contributed by atoms with Crippen molar-refractivity contribution in [3.05, 3.63) is 101 Å². The summed E-state index contributed by atoms with van der Waals surface area (Å²) in [6.07, 6.45) is 4.03. The third-order valence-electron chi connectivity index (χ3n) is 6.77. The van der Waals surface area contributed by atoms with E-state index < -0.39 is 0 Å². The highest BCUT2D eigenvalue weighted by Crippen LogP contribution is 2.34. The van der Waals surface area contributed by atoms with Crippen LogP contribution in [0.3, 0.4) is 0 Å². The van der Waals surface area contributed by atoms with Gasteiger partial charge in [-0.05, 0) is 71.6 Å². The second-order valence-electron chi connectivity index (χ2n) is 9.00. The van der Waals surface area contributed by atoms with Gasteiger partial charge in [0.05, 0.1) is 28.1 Å². The van der Waals surface area contributed by atoms with Crippen molar-refractivity contribution >= 4 is 60.4 Å². The molecule has 4 heteroatoms. The van der Waals surface area contributed by atoms with Crippen LogP contribution in [0.5, 0.6) is 0 Å². The molecule has 2 aromatic heterocycles. The van der Waals surface area contributed by atoms with E-state index in [-0.39, 0.29) is 0 Å². The van der Waals surface area contributed by atoms with Gasteiger partial charge in [-0.2, -0.15) is 0 Å². The number of benzene rings is 4. The lowest BCUT2D eigenvalue weighted by molar-refractivity contribution is 1.03. The zero-order valence-electron chi connectivity index (χ0n) is 18.9. The number of hydrogen-bond acceptors (Lipinski definition) is 3. The van der Waals surface area contributed by atoms with Gasteiger partial charge >= 0.3 is 0 Å². The molecule has 0 radical (unpaired) electrons. The van der Waals surface area contributed by atoms with Crippen molar-refractivity contribution < 1.29 is 0 Å². The molecular weight excluding hydrogens is 494 g/mol. The predicted octanol–water partition coefficient (Wildman–Crippen LogP) is 8.68. The first-order chi connectivity index (χ1) is 17.2. The quantitative estimate of drug-likeness (QED) is 0.232. The third-order valence-corrected chi connectivity index (χ3v) is 7.26. The van der Waals surface area contributed by atoms with Gasteiger partial charge in [-0.25, -0.2) is 9.97 Å². The Morgan fingerprint density at radius 3 is 2.09 bits per heavy atom. The van der Waals surface area contributed by atoms with Crippen LogP contribution >= 0.6 is 15.9 Å². The lowest BCUT2D eigenvalue weighted by Gasteiger charge is -2.13. The molecule has 0 amide bonds. The van der Waals surface area contributed by atoms with Gasteiger partial charge in [0.25, 0.3) is 0 Å². The summed E-state index contributed by atoms with van der Waals surface area (Å²) in [7, 11) is 0. The van der Waals surface area contributed by atoms with Gasteiger partial charge in [0.2, 0.25) is 0 Å². The molecule has 0 atom stereocenters. The van der Waals surface area contributed by atoms with Gasteiger partial charge in [0.15, 0.2) is 0 Å². The molecule has 1 aliphatic rings. The first-order valence-electron chi connectivity index (χ1n) is 11.8. The van der Waals surface area contributed by atoms with Crippen LogP contribution in [0.1, 0.15) is 12.0 Å². The van der Waals surface area contributed by atoms with Gasteiger partial charge in [-0.1, -0.05) is 64.5 Å². The molecular formula is C31H20BrN3. The minimum absolute atomic E-state index is 0.972. The summed E-state index contributed by atoms with van der Waals surface area (Å²) in [4.78, 5) is 14.6. The monoisotopic (exact) mass is 513 g/mol. The summed E-state index contributed by atoms with van der Waals surface area (Å²) in [6.45, 7) is 0. The van der Waals surface area contributed by atoms with Crippen LogP contribution in [0.25, 0.3) is 55.1 Å². The van der Waals surface area contributed by atoms with Crippen molar-refractivity contribution in [2.45, 2.75) is 12.8 Å². The van der Waals surface area contributed by atoms with E-state index in [0.29, 0.717) is 0 Å². The molecule has 3 nitrogen and oxygen atoms in total. The van der Waals surface area contributed by atoms with E-state index in [1.165, 1.54) is 16.3 Å². The number of rotatable bonds is 2. The maximum Gasteiger partial charge on any atom is 0.0968 e. The fourth-order valence-corrected chi connectivity index (χ4v) is 5.30. The molecule has 0 saturated carbocycles. The van der Waals surface area contributed by atoms with E-state index in [0.717, 1.165) is 67.3 Å². The van der Waals surface area contributed by atoms with E-state index in [9.17, 15) is 0 Å². The number of pyridine rings is 2. The second-order valence-corrected chi connectivity index (χ2v) is 9.92. The molecule has 0 fully saturated rings. The molecule has 4 aromatic carbocycles. The average Bonchev–Trinajstić information content (AvgIpc) is 2.92. The van der Waals surface area contributed by atoms with Crippen LogP contribution in [0.2, 0.25) is 0 Å². The fourth-order valence-electron chi connectivity index (χ4n) is 4.92. The number of halogens is 1. The van der Waals surface area contributed by atoms with Gasteiger partial charge in [0, 0.05) is 32.6 Å². The van der Waals surface area contributed by atoms with Crippen LogP contribution in [0.15, 0.2) is 100 Å².